The molecule has 2 N–H and O–H groups in total. The van der Waals surface area contributed by atoms with E-state index < -0.39 is 5.60 Å². The Labute approximate surface area is 173 Å². The third kappa shape index (κ3) is 6.08. The molecule has 2 aliphatic heterocycles. The molecule has 0 radical (unpaired) electrons. The van der Waals surface area contributed by atoms with Crippen molar-refractivity contribution in [2.45, 2.75) is 37.8 Å². The van der Waals surface area contributed by atoms with Crippen molar-refractivity contribution in [2.24, 2.45) is 5.92 Å². The van der Waals surface area contributed by atoms with E-state index in [-0.39, 0.29) is 30.7 Å². The summed E-state index contributed by atoms with van der Waals surface area (Å²) in [5.41, 5.74) is -0.620. The minimum absolute atomic E-state index is 0. The van der Waals surface area contributed by atoms with E-state index in [0.717, 1.165) is 65.0 Å². The van der Waals surface area contributed by atoms with Crippen LogP contribution in [0.15, 0.2) is 17.5 Å². The molecule has 1 aromatic rings. The Morgan fingerprint density at radius 1 is 1.35 bits per heavy atom. The Bertz CT molecular complexity index is 517. The number of rotatable bonds is 6. The van der Waals surface area contributed by atoms with Crippen LogP contribution in [0.25, 0.3) is 0 Å². The number of methoxy groups -OCH3 is 1. The van der Waals surface area contributed by atoms with E-state index in [9.17, 15) is 4.79 Å². The van der Waals surface area contributed by atoms with E-state index in [1.54, 1.807) is 7.11 Å². The first-order chi connectivity index (χ1) is 11.7. The third-order valence-corrected chi connectivity index (χ3v) is 6.29. The summed E-state index contributed by atoms with van der Waals surface area (Å²) in [5, 5.41) is 8.60. The minimum Gasteiger partial charge on any atom is -0.368 e. The summed E-state index contributed by atoms with van der Waals surface area (Å²) in [6, 6.07) is 4.33. The Balaban J connectivity index is 0.00000169. The van der Waals surface area contributed by atoms with Crippen LogP contribution < -0.4 is 10.6 Å². The van der Waals surface area contributed by atoms with Gasteiger partial charge >= 0.3 is 0 Å². The molecular formula is C18H31Cl2N3O2S. The molecule has 0 aliphatic carbocycles. The third-order valence-electron chi connectivity index (χ3n) is 5.43. The maximum Gasteiger partial charge on any atom is 0.252 e. The smallest absolute Gasteiger partial charge is 0.252 e. The van der Waals surface area contributed by atoms with Crippen molar-refractivity contribution in [3.63, 3.8) is 0 Å². The van der Waals surface area contributed by atoms with Gasteiger partial charge in [-0.15, -0.1) is 36.2 Å². The molecule has 0 spiro atoms. The second-order valence-corrected chi connectivity index (χ2v) is 7.99. The lowest BCUT2D eigenvalue weighted by molar-refractivity contribution is -0.147. The minimum atomic E-state index is -0.620. The number of thiophene rings is 1. The van der Waals surface area contributed by atoms with Gasteiger partial charge in [0.1, 0.15) is 5.60 Å². The lowest BCUT2D eigenvalue weighted by Crippen LogP contribution is -2.55. The summed E-state index contributed by atoms with van der Waals surface area (Å²) < 4.78 is 5.60. The number of likely N-dealkylation sites (tertiary alicyclic amines) is 1. The molecule has 26 heavy (non-hydrogen) atoms. The van der Waals surface area contributed by atoms with Crippen LogP contribution in [0, 0.1) is 5.92 Å². The molecule has 0 unspecified atom stereocenters. The number of ether oxygens (including phenoxy) is 1. The first-order valence-corrected chi connectivity index (χ1v) is 9.89. The summed E-state index contributed by atoms with van der Waals surface area (Å²) in [4.78, 5) is 16.6. The van der Waals surface area contributed by atoms with Crippen LogP contribution in [-0.2, 0) is 16.1 Å². The Morgan fingerprint density at radius 2 is 2.04 bits per heavy atom. The van der Waals surface area contributed by atoms with E-state index in [1.807, 2.05) is 11.3 Å². The number of hydrogen-bond donors (Lipinski definition) is 2. The van der Waals surface area contributed by atoms with Gasteiger partial charge in [-0.1, -0.05) is 6.07 Å². The normalized spacial score (nSPS) is 20.7. The number of nitrogens with one attached hydrogen (secondary N) is 2. The molecule has 0 saturated carbocycles. The summed E-state index contributed by atoms with van der Waals surface area (Å²) in [6.07, 6.45) is 3.84. The number of hydrogen-bond acceptors (Lipinski definition) is 5. The molecule has 8 heteroatoms. The van der Waals surface area contributed by atoms with Gasteiger partial charge < -0.3 is 15.4 Å². The maximum atomic E-state index is 12.6. The molecular weight excluding hydrogens is 393 g/mol. The van der Waals surface area contributed by atoms with E-state index in [0.29, 0.717) is 5.92 Å². The molecule has 2 aliphatic rings. The van der Waals surface area contributed by atoms with Crippen LogP contribution in [0.3, 0.4) is 0 Å². The van der Waals surface area contributed by atoms with Crippen molar-refractivity contribution in [1.82, 2.24) is 15.5 Å². The predicted molar refractivity (Wildman–Crippen MR) is 112 cm³/mol. The number of piperidine rings is 2. The van der Waals surface area contributed by atoms with Crippen molar-refractivity contribution in [2.75, 3.05) is 39.8 Å². The van der Waals surface area contributed by atoms with E-state index in [1.165, 1.54) is 4.88 Å². The highest BCUT2D eigenvalue weighted by Crippen LogP contribution is 2.24. The van der Waals surface area contributed by atoms with Gasteiger partial charge in [-0.3, -0.25) is 9.69 Å². The van der Waals surface area contributed by atoms with Crippen molar-refractivity contribution >= 4 is 42.1 Å². The molecule has 3 rings (SSSR count). The lowest BCUT2D eigenvalue weighted by Gasteiger charge is -2.36. The van der Waals surface area contributed by atoms with Crippen LogP contribution in [-0.4, -0.2) is 56.2 Å². The largest absolute Gasteiger partial charge is 0.368 e. The van der Waals surface area contributed by atoms with E-state index in [4.69, 9.17) is 4.74 Å². The van der Waals surface area contributed by atoms with E-state index in [2.05, 4.69) is 33.0 Å². The van der Waals surface area contributed by atoms with Gasteiger partial charge in [0.25, 0.3) is 5.91 Å². The first-order valence-electron chi connectivity index (χ1n) is 9.01. The second-order valence-electron chi connectivity index (χ2n) is 6.96. The van der Waals surface area contributed by atoms with Gasteiger partial charge in [-0.25, -0.2) is 0 Å². The summed E-state index contributed by atoms with van der Waals surface area (Å²) in [6.45, 7) is 5.79. The zero-order chi connectivity index (χ0) is 16.8. The Hall–Kier alpha value is -0.370. The molecule has 0 aromatic carbocycles. The number of halogens is 2. The van der Waals surface area contributed by atoms with Gasteiger partial charge in [-0.05, 0) is 69.2 Å². The van der Waals surface area contributed by atoms with Gasteiger partial charge in [-0.2, -0.15) is 0 Å². The van der Waals surface area contributed by atoms with Crippen molar-refractivity contribution in [1.29, 1.82) is 0 Å². The zero-order valence-electron chi connectivity index (χ0n) is 15.4. The molecule has 1 amide bonds. The second kappa shape index (κ2) is 11.5. The molecule has 5 nitrogen and oxygen atoms in total. The van der Waals surface area contributed by atoms with Crippen LogP contribution in [0.2, 0.25) is 0 Å². The highest BCUT2D eigenvalue weighted by molar-refractivity contribution is 7.09. The molecule has 2 fully saturated rings. The summed E-state index contributed by atoms with van der Waals surface area (Å²) >= 11 is 1.83. The van der Waals surface area contributed by atoms with Crippen LogP contribution >= 0.6 is 36.2 Å². The maximum absolute atomic E-state index is 12.6. The average molecular weight is 424 g/mol. The lowest BCUT2D eigenvalue weighted by atomic mass is 9.90. The molecule has 150 valence electrons. The van der Waals surface area contributed by atoms with Gasteiger partial charge in [0, 0.05) is 25.1 Å². The van der Waals surface area contributed by atoms with Crippen LogP contribution in [0.1, 0.15) is 30.6 Å². The van der Waals surface area contributed by atoms with Gasteiger partial charge in [0.2, 0.25) is 0 Å². The summed E-state index contributed by atoms with van der Waals surface area (Å²) in [7, 11) is 1.66. The Morgan fingerprint density at radius 3 is 2.62 bits per heavy atom. The zero-order valence-corrected chi connectivity index (χ0v) is 17.8. The fourth-order valence-electron chi connectivity index (χ4n) is 3.72. The average Bonchev–Trinajstić information content (AvgIpc) is 3.14. The fraction of sp³-hybridized carbons (Fsp3) is 0.722. The number of nitrogens with zero attached hydrogens (tertiary/aromatic N) is 1. The fourth-order valence-corrected chi connectivity index (χ4v) is 4.47. The number of amides is 1. The highest BCUT2D eigenvalue weighted by atomic mass is 35.5. The molecule has 0 atom stereocenters. The van der Waals surface area contributed by atoms with Gasteiger partial charge in [0.15, 0.2) is 0 Å². The van der Waals surface area contributed by atoms with Crippen LogP contribution in [0.4, 0.5) is 0 Å². The topological polar surface area (TPSA) is 53.6 Å². The molecule has 0 bridgehead atoms. The molecule has 3 heterocycles. The standard InChI is InChI=1S/C18H29N3O2S.2ClH/c1-23-18(6-8-19-9-7-18)17(22)20-13-15-4-10-21(11-5-15)14-16-3-2-12-24-16;;/h2-3,12,15,19H,4-11,13-14H2,1H3,(H,20,22);2*1H. The first kappa shape index (κ1) is 23.7. The van der Waals surface area contributed by atoms with Crippen LogP contribution in [0.5, 0.6) is 0 Å². The Kier molecular flexibility index (Phi) is 10.4. The quantitative estimate of drug-likeness (QED) is 0.738. The van der Waals surface area contributed by atoms with Gasteiger partial charge in [0.05, 0.1) is 0 Å². The monoisotopic (exact) mass is 423 g/mol. The molecule has 2 saturated heterocycles. The summed E-state index contributed by atoms with van der Waals surface area (Å²) in [5.74, 6) is 0.664. The molecule has 1 aromatic heterocycles. The van der Waals surface area contributed by atoms with E-state index >= 15 is 0 Å². The van der Waals surface area contributed by atoms with Crippen molar-refractivity contribution in [3.8, 4) is 0 Å². The number of carbonyl (C=O) groups is 1. The van der Waals surface area contributed by atoms with Crippen molar-refractivity contribution < 1.29 is 9.53 Å². The number of carbonyl (C=O) groups excluding carboxylic acids is 1. The predicted octanol–water partition coefficient (Wildman–Crippen LogP) is 2.69. The van der Waals surface area contributed by atoms with Crippen molar-refractivity contribution in [3.05, 3.63) is 22.4 Å². The highest BCUT2D eigenvalue weighted by Gasteiger charge is 2.39. The SMILES string of the molecule is COC1(C(=O)NCC2CCN(Cc3cccs3)CC2)CCNCC1.Cl.Cl.